The highest BCUT2D eigenvalue weighted by Crippen LogP contribution is 2.13. The standard InChI is InChI=1S/C16H19FN2OS/c1-11-5-7-13(10-15(11)17)19-16(21)18-12(2)6-8-14-4-3-9-20-14/h3-5,7,9-10,12H,6,8H2,1-2H3,(H2,18,19,21)/t12-/m1/s1. The molecule has 1 aromatic heterocycles. The fourth-order valence-electron chi connectivity index (χ4n) is 1.95. The number of rotatable bonds is 5. The summed E-state index contributed by atoms with van der Waals surface area (Å²) in [6.07, 6.45) is 3.42. The minimum atomic E-state index is -0.242. The van der Waals surface area contributed by atoms with Gasteiger partial charge in [0.05, 0.1) is 6.26 Å². The van der Waals surface area contributed by atoms with Gasteiger partial charge < -0.3 is 15.1 Å². The normalized spacial score (nSPS) is 12.0. The van der Waals surface area contributed by atoms with Crippen LogP contribution in [0.2, 0.25) is 0 Å². The van der Waals surface area contributed by atoms with Crippen LogP contribution in [0.25, 0.3) is 0 Å². The van der Waals surface area contributed by atoms with Crippen LogP contribution in [0.5, 0.6) is 0 Å². The molecule has 0 radical (unpaired) electrons. The average Bonchev–Trinajstić information content (AvgIpc) is 2.94. The van der Waals surface area contributed by atoms with Gasteiger partial charge in [0.15, 0.2) is 5.11 Å². The van der Waals surface area contributed by atoms with Crippen molar-refractivity contribution < 1.29 is 8.81 Å². The predicted octanol–water partition coefficient (Wildman–Crippen LogP) is 4.03. The Labute approximate surface area is 129 Å². The van der Waals surface area contributed by atoms with Crippen molar-refractivity contribution in [3.8, 4) is 0 Å². The minimum absolute atomic E-state index is 0.199. The zero-order valence-corrected chi connectivity index (χ0v) is 13.0. The second-order valence-corrected chi connectivity index (χ2v) is 5.49. The van der Waals surface area contributed by atoms with E-state index in [0.29, 0.717) is 16.4 Å². The Hall–Kier alpha value is -1.88. The van der Waals surface area contributed by atoms with Gasteiger partial charge in [0.2, 0.25) is 0 Å². The first-order valence-corrected chi connectivity index (χ1v) is 7.31. The van der Waals surface area contributed by atoms with Gasteiger partial charge in [0, 0.05) is 18.2 Å². The second-order valence-electron chi connectivity index (χ2n) is 5.08. The Morgan fingerprint density at radius 3 is 2.86 bits per heavy atom. The van der Waals surface area contributed by atoms with Crippen molar-refractivity contribution in [2.45, 2.75) is 32.7 Å². The summed E-state index contributed by atoms with van der Waals surface area (Å²) in [7, 11) is 0. The van der Waals surface area contributed by atoms with E-state index in [9.17, 15) is 4.39 Å². The number of thiocarbonyl (C=S) groups is 1. The Bertz CT molecular complexity index is 598. The summed E-state index contributed by atoms with van der Waals surface area (Å²) in [4.78, 5) is 0. The molecule has 0 amide bonds. The molecule has 0 aliphatic carbocycles. The quantitative estimate of drug-likeness (QED) is 0.818. The first-order valence-electron chi connectivity index (χ1n) is 6.90. The molecule has 0 aliphatic heterocycles. The number of aryl methyl sites for hydroxylation is 2. The van der Waals surface area contributed by atoms with E-state index >= 15 is 0 Å². The molecular weight excluding hydrogens is 287 g/mol. The maximum Gasteiger partial charge on any atom is 0.170 e. The van der Waals surface area contributed by atoms with Gasteiger partial charge >= 0.3 is 0 Å². The van der Waals surface area contributed by atoms with Crippen molar-refractivity contribution in [1.82, 2.24) is 5.32 Å². The van der Waals surface area contributed by atoms with Crippen LogP contribution in [-0.2, 0) is 6.42 Å². The molecule has 0 spiro atoms. The number of halogens is 1. The molecule has 2 N–H and O–H groups in total. The first kappa shape index (κ1) is 15.5. The van der Waals surface area contributed by atoms with Gasteiger partial charge in [-0.15, -0.1) is 0 Å². The lowest BCUT2D eigenvalue weighted by Crippen LogP contribution is -2.36. The molecule has 0 fully saturated rings. The highest BCUT2D eigenvalue weighted by Gasteiger charge is 2.07. The van der Waals surface area contributed by atoms with Crippen LogP contribution in [0.15, 0.2) is 41.0 Å². The molecule has 1 heterocycles. The summed E-state index contributed by atoms with van der Waals surface area (Å²) in [6.45, 7) is 3.78. The Morgan fingerprint density at radius 2 is 2.19 bits per heavy atom. The third-order valence-corrected chi connectivity index (χ3v) is 3.43. The van der Waals surface area contributed by atoms with Gasteiger partial charge in [0.25, 0.3) is 0 Å². The molecular formula is C16H19FN2OS. The van der Waals surface area contributed by atoms with E-state index in [2.05, 4.69) is 10.6 Å². The zero-order chi connectivity index (χ0) is 15.2. The van der Waals surface area contributed by atoms with E-state index in [-0.39, 0.29) is 11.9 Å². The smallest absolute Gasteiger partial charge is 0.170 e. The summed E-state index contributed by atoms with van der Waals surface area (Å²) < 4.78 is 18.7. The van der Waals surface area contributed by atoms with Crippen molar-refractivity contribution in [2.24, 2.45) is 0 Å². The van der Waals surface area contributed by atoms with Crippen LogP contribution in [0, 0.1) is 12.7 Å². The zero-order valence-electron chi connectivity index (χ0n) is 12.2. The number of anilines is 1. The molecule has 0 bridgehead atoms. The summed E-state index contributed by atoms with van der Waals surface area (Å²) in [5.41, 5.74) is 1.26. The summed E-state index contributed by atoms with van der Waals surface area (Å²) in [5, 5.41) is 6.66. The van der Waals surface area contributed by atoms with E-state index in [4.69, 9.17) is 16.6 Å². The van der Waals surface area contributed by atoms with Crippen molar-refractivity contribution in [3.63, 3.8) is 0 Å². The van der Waals surface area contributed by atoms with Crippen LogP contribution in [-0.4, -0.2) is 11.2 Å². The van der Waals surface area contributed by atoms with E-state index in [1.165, 1.54) is 6.07 Å². The summed E-state index contributed by atoms with van der Waals surface area (Å²) in [5.74, 6) is 0.719. The summed E-state index contributed by atoms with van der Waals surface area (Å²) in [6, 6.07) is 9.01. The topological polar surface area (TPSA) is 37.2 Å². The molecule has 5 heteroatoms. The number of hydrogen-bond acceptors (Lipinski definition) is 2. The van der Waals surface area contributed by atoms with Crippen LogP contribution in [0.3, 0.4) is 0 Å². The van der Waals surface area contributed by atoms with E-state index < -0.39 is 0 Å². The fraction of sp³-hybridized carbons (Fsp3) is 0.312. The maximum atomic E-state index is 13.5. The maximum absolute atomic E-state index is 13.5. The van der Waals surface area contributed by atoms with Crippen molar-refractivity contribution in [1.29, 1.82) is 0 Å². The van der Waals surface area contributed by atoms with Gasteiger partial charge in [-0.1, -0.05) is 6.07 Å². The Morgan fingerprint density at radius 1 is 1.38 bits per heavy atom. The SMILES string of the molecule is Cc1ccc(NC(=S)N[C@H](C)CCc2ccco2)cc1F. The molecule has 2 rings (SSSR count). The van der Waals surface area contributed by atoms with Crippen LogP contribution >= 0.6 is 12.2 Å². The van der Waals surface area contributed by atoms with Gasteiger partial charge in [-0.2, -0.15) is 0 Å². The molecule has 0 saturated heterocycles. The lowest BCUT2D eigenvalue weighted by Gasteiger charge is -2.16. The molecule has 3 nitrogen and oxygen atoms in total. The molecule has 1 atom stereocenters. The minimum Gasteiger partial charge on any atom is -0.469 e. The van der Waals surface area contributed by atoms with Gasteiger partial charge in [-0.3, -0.25) is 0 Å². The highest BCUT2D eigenvalue weighted by molar-refractivity contribution is 7.80. The van der Waals surface area contributed by atoms with Gasteiger partial charge in [0.1, 0.15) is 11.6 Å². The van der Waals surface area contributed by atoms with Crippen molar-refractivity contribution >= 4 is 23.0 Å². The third kappa shape index (κ3) is 4.86. The highest BCUT2D eigenvalue weighted by atomic mass is 32.1. The number of hydrogen-bond donors (Lipinski definition) is 2. The van der Waals surface area contributed by atoms with Crippen LogP contribution < -0.4 is 10.6 Å². The second kappa shape index (κ2) is 7.22. The van der Waals surface area contributed by atoms with Gasteiger partial charge in [-0.25, -0.2) is 4.39 Å². The largest absolute Gasteiger partial charge is 0.469 e. The predicted molar refractivity (Wildman–Crippen MR) is 87.0 cm³/mol. The molecule has 0 aliphatic rings. The fourth-order valence-corrected chi connectivity index (χ4v) is 2.27. The van der Waals surface area contributed by atoms with E-state index in [1.54, 1.807) is 25.3 Å². The molecule has 2 aromatic rings. The van der Waals surface area contributed by atoms with E-state index in [0.717, 1.165) is 18.6 Å². The third-order valence-electron chi connectivity index (χ3n) is 3.21. The Kier molecular flexibility index (Phi) is 5.33. The van der Waals surface area contributed by atoms with Crippen molar-refractivity contribution in [3.05, 3.63) is 53.7 Å². The number of nitrogens with one attached hydrogen (secondary N) is 2. The lowest BCUT2D eigenvalue weighted by molar-refractivity contribution is 0.483. The monoisotopic (exact) mass is 306 g/mol. The average molecular weight is 306 g/mol. The molecule has 21 heavy (non-hydrogen) atoms. The van der Waals surface area contributed by atoms with Crippen LogP contribution in [0.1, 0.15) is 24.7 Å². The number of furan rings is 1. The Balaban J connectivity index is 1.79. The van der Waals surface area contributed by atoms with Gasteiger partial charge in [-0.05, 0) is 62.3 Å². The lowest BCUT2D eigenvalue weighted by atomic mass is 10.1. The van der Waals surface area contributed by atoms with E-state index in [1.807, 2.05) is 19.1 Å². The van der Waals surface area contributed by atoms with Crippen LogP contribution in [0.4, 0.5) is 10.1 Å². The molecule has 1 aromatic carbocycles. The molecule has 112 valence electrons. The first-order chi connectivity index (χ1) is 10.0. The van der Waals surface area contributed by atoms with Crippen molar-refractivity contribution in [2.75, 3.05) is 5.32 Å². The molecule has 0 saturated carbocycles. The number of benzene rings is 1. The summed E-state index contributed by atoms with van der Waals surface area (Å²) >= 11 is 5.23. The molecule has 0 unspecified atom stereocenters.